The zero-order valence-corrected chi connectivity index (χ0v) is 14.0. The predicted molar refractivity (Wildman–Crippen MR) is 75.4 cm³/mol. The number of carbonyl (C=O) groups excluding carboxylic acids is 1. The van der Waals surface area contributed by atoms with Crippen molar-refractivity contribution in [3.8, 4) is 0 Å². The molecular weight excluding hydrogens is 376 g/mol. The Bertz CT molecular complexity index is 519. The third kappa shape index (κ3) is 3.91. The first-order valence-electron chi connectivity index (χ1n) is 6.44. The summed E-state index contributed by atoms with van der Waals surface area (Å²) in [6.45, 7) is 5.76. The molecule has 2 unspecified atom stereocenters. The minimum Gasteiger partial charge on any atom is -0.461 e. The molecule has 1 aromatic rings. The quantitative estimate of drug-likeness (QED) is 0.706. The van der Waals surface area contributed by atoms with Gasteiger partial charge in [0.15, 0.2) is 5.69 Å². The summed E-state index contributed by atoms with van der Waals surface area (Å²) >= 11 is 8.85. The molecule has 0 bridgehead atoms. The van der Waals surface area contributed by atoms with Crippen LogP contribution in [0, 0.1) is 5.92 Å². The van der Waals surface area contributed by atoms with E-state index in [4.69, 9.17) is 16.3 Å². The lowest BCUT2D eigenvalue weighted by molar-refractivity contribution is -0.150. The van der Waals surface area contributed by atoms with Gasteiger partial charge < -0.3 is 9.30 Å². The van der Waals surface area contributed by atoms with Gasteiger partial charge in [0.25, 0.3) is 0 Å². The number of carbonyl (C=O) groups is 1. The average molecular weight is 392 g/mol. The number of hydrogen-bond donors (Lipinski definition) is 0. The Morgan fingerprint density at radius 1 is 1.52 bits per heavy atom. The topological polar surface area (TPSA) is 44.1 Å². The van der Waals surface area contributed by atoms with E-state index in [1.807, 2.05) is 13.8 Å². The molecule has 4 nitrogen and oxygen atoms in total. The van der Waals surface area contributed by atoms with Gasteiger partial charge in [-0.2, -0.15) is 13.2 Å². The van der Waals surface area contributed by atoms with Gasteiger partial charge in [-0.3, -0.25) is 0 Å². The van der Waals surface area contributed by atoms with Gasteiger partial charge in [-0.15, -0.1) is 0 Å². The summed E-state index contributed by atoms with van der Waals surface area (Å²) < 4.78 is 43.7. The number of alkyl halides is 3. The highest BCUT2D eigenvalue weighted by molar-refractivity contribution is 9.10. The van der Waals surface area contributed by atoms with E-state index >= 15 is 0 Å². The number of aromatic nitrogens is 2. The summed E-state index contributed by atoms with van der Waals surface area (Å²) in [5.74, 6) is -2.18. The van der Waals surface area contributed by atoms with E-state index in [0.717, 1.165) is 0 Å². The first kappa shape index (κ1) is 18.3. The van der Waals surface area contributed by atoms with Crippen LogP contribution in [0.4, 0.5) is 13.2 Å². The van der Waals surface area contributed by atoms with Crippen LogP contribution in [-0.4, -0.2) is 28.3 Å². The minimum atomic E-state index is -4.28. The van der Waals surface area contributed by atoms with Gasteiger partial charge in [0.1, 0.15) is 4.60 Å². The van der Waals surface area contributed by atoms with E-state index in [9.17, 15) is 18.0 Å². The Labute approximate surface area is 133 Å². The maximum absolute atomic E-state index is 12.5. The van der Waals surface area contributed by atoms with E-state index in [1.54, 1.807) is 6.92 Å². The summed E-state index contributed by atoms with van der Waals surface area (Å²) in [5, 5.41) is -0.160. The lowest BCUT2D eigenvalue weighted by atomic mass is 10.4. The first-order chi connectivity index (χ1) is 9.77. The van der Waals surface area contributed by atoms with E-state index in [1.165, 1.54) is 4.57 Å². The molecule has 1 aliphatic rings. The van der Waals surface area contributed by atoms with Crippen molar-refractivity contribution >= 4 is 33.5 Å². The molecule has 0 N–H and O–H groups in total. The van der Waals surface area contributed by atoms with Crippen molar-refractivity contribution in [2.24, 2.45) is 5.92 Å². The molecule has 1 heterocycles. The van der Waals surface area contributed by atoms with Gasteiger partial charge in [0.05, 0.1) is 12.5 Å². The Morgan fingerprint density at radius 2 is 2.10 bits per heavy atom. The third-order valence-corrected chi connectivity index (χ3v) is 3.81. The predicted octanol–water partition coefficient (Wildman–Crippen LogP) is 4.63. The second-order valence-electron chi connectivity index (χ2n) is 4.06. The monoisotopic (exact) mass is 390 g/mol. The second-order valence-corrected chi connectivity index (χ2v) is 5.15. The number of hydrogen-bond acceptors (Lipinski definition) is 3. The Kier molecular flexibility index (Phi) is 6.10. The molecule has 9 heteroatoms. The van der Waals surface area contributed by atoms with Crippen molar-refractivity contribution in [2.75, 3.05) is 6.61 Å². The van der Waals surface area contributed by atoms with Crippen LogP contribution in [-0.2, 0) is 4.74 Å². The van der Waals surface area contributed by atoms with Gasteiger partial charge in [-0.05, 0) is 40.9 Å². The number of ether oxygens (including phenoxy) is 1. The average Bonchev–Trinajstić information content (AvgIpc) is 3.13. The van der Waals surface area contributed by atoms with Gasteiger partial charge in [-0.1, -0.05) is 13.8 Å². The number of esters is 1. The maximum Gasteiger partial charge on any atom is 0.393 e. The number of imidazole rings is 1. The normalized spacial score (nSPS) is 20.6. The van der Waals surface area contributed by atoms with Crippen LogP contribution in [0.2, 0.25) is 5.28 Å². The van der Waals surface area contributed by atoms with Crippen LogP contribution in [0.5, 0.6) is 0 Å². The van der Waals surface area contributed by atoms with E-state index < -0.39 is 24.1 Å². The van der Waals surface area contributed by atoms with Crippen molar-refractivity contribution < 1.29 is 22.7 Å². The van der Waals surface area contributed by atoms with Gasteiger partial charge in [-0.25, -0.2) is 9.78 Å². The fourth-order valence-corrected chi connectivity index (χ4v) is 2.90. The highest BCUT2D eigenvalue weighted by Gasteiger charge is 2.57. The lowest BCUT2D eigenvalue weighted by Crippen LogP contribution is -2.13. The van der Waals surface area contributed by atoms with Crippen molar-refractivity contribution in [1.82, 2.24) is 9.55 Å². The van der Waals surface area contributed by atoms with Crippen LogP contribution < -0.4 is 0 Å². The van der Waals surface area contributed by atoms with Crippen LogP contribution in [0.3, 0.4) is 0 Å². The smallest absolute Gasteiger partial charge is 0.393 e. The third-order valence-electron chi connectivity index (χ3n) is 2.79. The molecule has 1 saturated carbocycles. The molecule has 1 fully saturated rings. The fraction of sp³-hybridized carbons (Fsp3) is 0.667. The fourth-order valence-electron chi connectivity index (χ4n) is 1.82. The molecule has 21 heavy (non-hydrogen) atoms. The Morgan fingerprint density at radius 3 is 2.52 bits per heavy atom. The molecule has 0 spiro atoms. The Balaban J connectivity index is 0.00000106. The highest BCUT2D eigenvalue weighted by atomic mass is 79.9. The second kappa shape index (κ2) is 7.00. The molecule has 0 aliphatic heterocycles. The van der Waals surface area contributed by atoms with Crippen LogP contribution in [0.1, 0.15) is 43.7 Å². The molecule has 0 amide bonds. The molecule has 0 aromatic carbocycles. The summed E-state index contributed by atoms with van der Waals surface area (Å²) in [6, 6.07) is -0.822. The molecule has 2 atom stereocenters. The number of halogens is 5. The molecule has 120 valence electrons. The molecule has 1 aromatic heterocycles. The van der Waals surface area contributed by atoms with Crippen LogP contribution in [0.25, 0.3) is 0 Å². The SMILES string of the molecule is CC.CCOC(=O)c1nc(Cl)n(C2CC2C(F)(F)F)c1Br. The minimum absolute atomic E-state index is 0.0690. The Hall–Kier alpha value is -0.760. The highest BCUT2D eigenvalue weighted by Crippen LogP contribution is 2.55. The molecule has 1 aliphatic carbocycles. The van der Waals surface area contributed by atoms with E-state index in [2.05, 4.69) is 20.9 Å². The van der Waals surface area contributed by atoms with E-state index in [0.29, 0.717) is 0 Å². The lowest BCUT2D eigenvalue weighted by Gasteiger charge is -2.08. The van der Waals surface area contributed by atoms with Gasteiger partial charge in [0, 0.05) is 6.04 Å². The molecule has 2 rings (SSSR count). The zero-order chi connectivity index (χ0) is 16.4. The number of rotatable bonds is 3. The van der Waals surface area contributed by atoms with Gasteiger partial charge in [0.2, 0.25) is 5.28 Å². The summed E-state index contributed by atoms with van der Waals surface area (Å²) in [6.07, 6.45) is -4.34. The summed E-state index contributed by atoms with van der Waals surface area (Å²) in [4.78, 5) is 15.3. The van der Waals surface area contributed by atoms with Crippen LogP contribution >= 0.6 is 27.5 Å². The summed E-state index contributed by atoms with van der Waals surface area (Å²) in [5.41, 5.74) is -0.111. The van der Waals surface area contributed by atoms with E-state index in [-0.39, 0.29) is 28.6 Å². The summed E-state index contributed by atoms with van der Waals surface area (Å²) in [7, 11) is 0. The largest absolute Gasteiger partial charge is 0.461 e. The molecule has 0 radical (unpaired) electrons. The van der Waals surface area contributed by atoms with Crippen LogP contribution in [0.15, 0.2) is 4.60 Å². The molecule has 0 saturated heterocycles. The van der Waals surface area contributed by atoms with Crippen molar-refractivity contribution in [1.29, 1.82) is 0 Å². The first-order valence-corrected chi connectivity index (χ1v) is 7.61. The zero-order valence-electron chi connectivity index (χ0n) is 11.7. The van der Waals surface area contributed by atoms with Crippen molar-refractivity contribution in [3.63, 3.8) is 0 Å². The van der Waals surface area contributed by atoms with Crippen molar-refractivity contribution in [3.05, 3.63) is 15.6 Å². The van der Waals surface area contributed by atoms with Crippen molar-refractivity contribution in [2.45, 2.75) is 39.4 Å². The maximum atomic E-state index is 12.5. The van der Waals surface area contributed by atoms with Gasteiger partial charge >= 0.3 is 12.1 Å². The molecular formula is C12H15BrClF3N2O2. The standard InChI is InChI=1S/C10H9BrClF3N2O2.C2H6/c1-2-19-8(18)6-7(11)17(9(12)16-6)5-3-4(5)10(13,14)15;1-2/h4-5H,2-3H2,1H3;1-2H3. The number of nitrogens with zero attached hydrogens (tertiary/aromatic N) is 2.